The first-order chi connectivity index (χ1) is 15.9. The molecular weight excluding hydrogens is 412 g/mol. The lowest BCUT2D eigenvalue weighted by atomic mass is 9.91. The molecule has 5 nitrogen and oxygen atoms in total. The molecule has 2 aromatic carbocycles. The van der Waals surface area contributed by atoms with E-state index in [1.807, 2.05) is 48.5 Å². The molecule has 0 saturated carbocycles. The highest BCUT2D eigenvalue weighted by Crippen LogP contribution is 2.37. The van der Waals surface area contributed by atoms with Crippen LogP contribution in [0.3, 0.4) is 0 Å². The Morgan fingerprint density at radius 3 is 2.12 bits per heavy atom. The summed E-state index contributed by atoms with van der Waals surface area (Å²) in [5, 5.41) is 0. The fraction of sp³-hybridized carbons (Fsp3) is 0.429. The van der Waals surface area contributed by atoms with Crippen LogP contribution in [-0.2, 0) is 16.0 Å². The van der Waals surface area contributed by atoms with E-state index in [0.717, 1.165) is 50.1 Å². The molecule has 5 heteroatoms. The molecule has 4 rings (SSSR count). The minimum absolute atomic E-state index is 0.228. The quantitative estimate of drug-likeness (QED) is 0.542. The van der Waals surface area contributed by atoms with Crippen LogP contribution in [0, 0.1) is 11.8 Å². The number of carbonyl (C=O) groups is 2. The number of imide groups is 1. The number of likely N-dealkylation sites (tertiary alicyclic amines) is 1. The summed E-state index contributed by atoms with van der Waals surface area (Å²) in [6.45, 7) is 8.16. The molecule has 2 amide bonds. The second kappa shape index (κ2) is 9.82. The lowest BCUT2D eigenvalue weighted by Crippen LogP contribution is -2.42. The first-order valence-corrected chi connectivity index (χ1v) is 12.0. The zero-order valence-electron chi connectivity index (χ0n) is 20.1. The summed E-state index contributed by atoms with van der Waals surface area (Å²) in [5.41, 5.74) is 3.61. The normalized spacial score (nSPS) is 21.2. The number of benzene rings is 2. The molecule has 2 aromatic rings. The first-order valence-electron chi connectivity index (χ1n) is 12.0. The van der Waals surface area contributed by atoms with E-state index in [-0.39, 0.29) is 11.8 Å². The molecule has 2 unspecified atom stereocenters. The summed E-state index contributed by atoms with van der Waals surface area (Å²) in [6.07, 6.45) is 4.39. The minimum Gasteiger partial charge on any atom is -0.497 e. The van der Waals surface area contributed by atoms with Crippen LogP contribution in [0.15, 0.2) is 54.2 Å². The molecule has 0 aliphatic carbocycles. The molecular formula is C28H34N2O3. The Kier molecular flexibility index (Phi) is 6.87. The summed E-state index contributed by atoms with van der Waals surface area (Å²) in [5.74, 6) is 1.17. The van der Waals surface area contributed by atoms with Crippen LogP contribution in [0.4, 0.5) is 5.69 Å². The molecule has 1 saturated heterocycles. The molecule has 2 heterocycles. The smallest absolute Gasteiger partial charge is 0.282 e. The lowest BCUT2D eigenvalue weighted by Gasteiger charge is -2.37. The van der Waals surface area contributed by atoms with Crippen LogP contribution in [0.1, 0.15) is 51.2 Å². The number of carbonyl (C=O) groups excluding carboxylic acids is 2. The highest BCUT2D eigenvalue weighted by Gasteiger charge is 2.43. The number of piperidine rings is 1. The van der Waals surface area contributed by atoms with Crippen molar-refractivity contribution in [1.29, 1.82) is 0 Å². The van der Waals surface area contributed by atoms with Gasteiger partial charge in [-0.2, -0.15) is 0 Å². The third-order valence-corrected chi connectivity index (χ3v) is 6.64. The summed E-state index contributed by atoms with van der Waals surface area (Å²) in [6, 6.07) is 15.3. The van der Waals surface area contributed by atoms with E-state index in [1.54, 1.807) is 7.11 Å². The molecule has 0 spiro atoms. The van der Waals surface area contributed by atoms with Gasteiger partial charge in [0.15, 0.2) is 0 Å². The van der Waals surface area contributed by atoms with E-state index in [1.165, 1.54) is 10.5 Å². The molecule has 0 radical (unpaired) electrons. The topological polar surface area (TPSA) is 49.9 Å². The number of aryl methyl sites for hydroxylation is 1. The molecule has 2 atom stereocenters. The second-order valence-corrected chi connectivity index (χ2v) is 9.52. The first kappa shape index (κ1) is 23.1. The van der Waals surface area contributed by atoms with Crippen molar-refractivity contribution in [2.75, 3.05) is 25.1 Å². The van der Waals surface area contributed by atoms with Crippen molar-refractivity contribution in [2.45, 2.75) is 46.5 Å². The Morgan fingerprint density at radius 2 is 1.55 bits per heavy atom. The van der Waals surface area contributed by atoms with Crippen LogP contribution in [-0.4, -0.2) is 36.9 Å². The number of anilines is 1. The van der Waals surface area contributed by atoms with Gasteiger partial charge in [-0.15, -0.1) is 0 Å². The standard InChI is InChI=1S/C28H34N2O3/c1-5-6-7-21-8-12-23(13-9-21)30-27(31)25(22-10-14-24(33-4)15-11-22)26(28(30)32)29-17-19(2)16-20(3)18-29/h8-15,19-20H,5-7,16-18H2,1-4H3. The van der Waals surface area contributed by atoms with Gasteiger partial charge in [-0.3, -0.25) is 9.59 Å². The Morgan fingerprint density at radius 1 is 0.909 bits per heavy atom. The highest BCUT2D eigenvalue weighted by atomic mass is 16.5. The summed E-state index contributed by atoms with van der Waals surface area (Å²) < 4.78 is 5.29. The van der Waals surface area contributed by atoms with Crippen LogP contribution >= 0.6 is 0 Å². The van der Waals surface area contributed by atoms with E-state index >= 15 is 0 Å². The zero-order chi connectivity index (χ0) is 23.5. The van der Waals surface area contributed by atoms with Gasteiger partial charge in [0.2, 0.25) is 0 Å². The van der Waals surface area contributed by atoms with Gasteiger partial charge in [-0.05, 0) is 66.5 Å². The number of amides is 2. The summed E-state index contributed by atoms with van der Waals surface area (Å²) in [7, 11) is 1.62. The number of ether oxygens (including phenoxy) is 1. The average molecular weight is 447 g/mol. The maximum atomic E-state index is 13.8. The van der Waals surface area contributed by atoms with E-state index in [0.29, 0.717) is 28.8 Å². The Labute approximate surface area is 197 Å². The van der Waals surface area contributed by atoms with Crippen LogP contribution in [0.5, 0.6) is 5.75 Å². The fourth-order valence-electron chi connectivity index (χ4n) is 5.10. The SMILES string of the molecule is CCCCc1ccc(N2C(=O)C(c3ccc(OC)cc3)=C(N3CC(C)CC(C)C3)C2=O)cc1. The predicted molar refractivity (Wildman–Crippen MR) is 132 cm³/mol. The summed E-state index contributed by atoms with van der Waals surface area (Å²) in [4.78, 5) is 31.0. The lowest BCUT2D eigenvalue weighted by molar-refractivity contribution is -0.120. The Balaban J connectivity index is 1.73. The van der Waals surface area contributed by atoms with Crippen molar-refractivity contribution in [2.24, 2.45) is 11.8 Å². The molecule has 0 bridgehead atoms. The zero-order valence-corrected chi connectivity index (χ0v) is 20.1. The predicted octanol–water partition coefficient (Wildman–Crippen LogP) is 5.30. The van der Waals surface area contributed by atoms with E-state index in [4.69, 9.17) is 4.74 Å². The molecule has 174 valence electrons. The molecule has 1 fully saturated rings. The van der Waals surface area contributed by atoms with Crippen molar-refractivity contribution in [3.05, 3.63) is 65.4 Å². The third-order valence-electron chi connectivity index (χ3n) is 6.64. The molecule has 0 aromatic heterocycles. The van der Waals surface area contributed by atoms with Crippen molar-refractivity contribution in [1.82, 2.24) is 4.90 Å². The van der Waals surface area contributed by atoms with Gasteiger partial charge in [0, 0.05) is 13.1 Å². The van der Waals surface area contributed by atoms with Crippen LogP contribution < -0.4 is 9.64 Å². The van der Waals surface area contributed by atoms with Crippen molar-refractivity contribution in [3.8, 4) is 5.75 Å². The van der Waals surface area contributed by atoms with Crippen molar-refractivity contribution >= 4 is 23.1 Å². The van der Waals surface area contributed by atoms with Crippen LogP contribution in [0.25, 0.3) is 5.57 Å². The summed E-state index contributed by atoms with van der Waals surface area (Å²) >= 11 is 0. The molecule has 0 N–H and O–H groups in total. The van der Waals surface area contributed by atoms with Gasteiger partial charge in [0.1, 0.15) is 11.4 Å². The molecule has 2 aliphatic rings. The van der Waals surface area contributed by atoms with E-state index in [2.05, 4.69) is 25.7 Å². The minimum atomic E-state index is -0.257. The average Bonchev–Trinajstić information content (AvgIpc) is 3.07. The number of hydrogen-bond acceptors (Lipinski definition) is 4. The maximum Gasteiger partial charge on any atom is 0.282 e. The fourth-order valence-corrected chi connectivity index (χ4v) is 5.10. The Hall–Kier alpha value is -3.08. The Bertz CT molecular complexity index is 1030. The van der Waals surface area contributed by atoms with Gasteiger partial charge >= 0.3 is 0 Å². The van der Waals surface area contributed by atoms with Gasteiger partial charge in [0.25, 0.3) is 11.8 Å². The number of methoxy groups -OCH3 is 1. The second-order valence-electron chi connectivity index (χ2n) is 9.52. The van der Waals surface area contributed by atoms with Gasteiger partial charge in [0.05, 0.1) is 18.4 Å². The molecule has 33 heavy (non-hydrogen) atoms. The van der Waals surface area contributed by atoms with Crippen LogP contribution in [0.2, 0.25) is 0 Å². The number of unbranched alkanes of at least 4 members (excludes halogenated alkanes) is 1. The van der Waals surface area contributed by atoms with Gasteiger partial charge < -0.3 is 9.64 Å². The number of nitrogens with zero attached hydrogens (tertiary/aromatic N) is 2. The largest absolute Gasteiger partial charge is 0.497 e. The van der Waals surface area contributed by atoms with Gasteiger partial charge in [-0.25, -0.2) is 4.90 Å². The molecule has 2 aliphatic heterocycles. The maximum absolute atomic E-state index is 13.8. The van der Waals surface area contributed by atoms with E-state index < -0.39 is 0 Å². The third kappa shape index (κ3) is 4.68. The highest BCUT2D eigenvalue weighted by molar-refractivity contribution is 6.45. The van der Waals surface area contributed by atoms with Crippen molar-refractivity contribution in [3.63, 3.8) is 0 Å². The van der Waals surface area contributed by atoms with E-state index in [9.17, 15) is 9.59 Å². The monoisotopic (exact) mass is 446 g/mol. The number of hydrogen-bond donors (Lipinski definition) is 0. The van der Waals surface area contributed by atoms with Gasteiger partial charge in [-0.1, -0.05) is 51.5 Å². The van der Waals surface area contributed by atoms with Crippen molar-refractivity contribution < 1.29 is 14.3 Å². The number of rotatable bonds is 7.